The van der Waals surface area contributed by atoms with Gasteiger partial charge < -0.3 is 10.6 Å². The minimum atomic E-state index is -0.510. The maximum Gasteiger partial charge on any atom is 0.251 e. The molecule has 1 amide bonds. The number of carbonyl (C=O) groups excluding carboxylic acids is 1. The van der Waals surface area contributed by atoms with Crippen molar-refractivity contribution >= 4 is 29.9 Å². The fourth-order valence-electron chi connectivity index (χ4n) is 2.17. The molecule has 2 rings (SSSR count). The van der Waals surface area contributed by atoms with Crippen LogP contribution in [-0.4, -0.2) is 24.5 Å². The average Bonchev–Trinajstić information content (AvgIpc) is 2.32. The molecule has 1 fully saturated rings. The first kappa shape index (κ1) is 16.2. The van der Waals surface area contributed by atoms with Crippen LogP contribution in [0.5, 0.6) is 0 Å². The third kappa shape index (κ3) is 4.34. The zero-order valence-corrected chi connectivity index (χ0v) is 12.2. The van der Waals surface area contributed by atoms with Crippen LogP contribution < -0.4 is 10.6 Å². The van der Waals surface area contributed by atoms with Gasteiger partial charge >= 0.3 is 0 Å². The van der Waals surface area contributed by atoms with E-state index in [-0.39, 0.29) is 29.4 Å². The highest BCUT2D eigenvalue weighted by atomic mass is 35.5. The Hall–Kier alpha value is -0.840. The first-order valence-corrected chi connectivity index (χ1v) is 6.43. The molecule has 106 valence electrons. The summed E-state index contributed by atoms with van der Waals surface area (Å²) >= 11 is 5.66. The lowest BCUT2D eigenvalue weighted by Crippen LogP contribution is -2.46. The SMILES string of the molecule is CC1CC(NC(=O)c2ccc(F)c(Cl)c2)CCN1.Cl. The van der Waals surface area contributed by atoms with E-state index in [1.165, 1.54) is 18.2 Å². The molecule has 1 aliphatic heterocycles. The van der Waals surface area contributed by atoms with Crippen LogP contribution in [0, 0.1) is 5.82 Å². The number of halogens is 3. The number of rotatable bonds is 2. The molecule has 2 atom stereocenters. The molecule has 19 heavy (non-hydrogen) atoms. The summed E-state index contributed by atoms with van der Waals surface area (Å²) in [7, 11) is 0. The van der Waals surface area contributed by atoms with Crippen molar-refractivity contribution in [2.45, 2.75) is 31.8 Å². The van der Waals surface area contributed by atoms with Crippen LogP contribution in [0.1, 0.15) is 30.1 Å². The number of amides is 1. The van der Waals surface area contributed by atoms with Gasteiger partial charge in [0.05, 0.1) is 5.02 Å². The van der Waals surface area contributed by atoms with Crippen molar-refractivity contribution < 1.29 is 9.18 Å². The molecule has 6 heteroatoms. The molecule has 1 saturated heterocycles. The predicted molar refractivity (Wildman–Crippen MR) is 76.6 cm³/mol. The Balaban J connectivity index is 0.00000180. The zero-order valence-electron chi connectivity index (χ0n) is 10.6. The van der Waals surface area contributed by atoms with Crippen molar-refractivity contribution in [1.82, 2.24) is 10.6 Å². The molecule has 2 unspecified atom stereocenters. The van der Waals surface area contributed by atoms with Crippen molar-refractivity contribution in [1.29, 1.82) is 0 Å². The second kappa shape index (κ2) is 7.08. The molecule has 3 nitrogen and oxygen atoms in total. The molecule has 1 aromatic rings. The Morgan fingerprint density at radius 3 is 2.89 bits per heavy atom. The van der Waals surface area contributed by atoms with E-state index in [9.17, 15) is 9.18 Å². The summed E-state index contributed by atoms with van der Waals surface area (Å²) in [5.41, 5.74) is 0.396. The third-order valence-electron chi connectivity index (χ3n) is 3.14. The molecule has 1 aromatic carbocycles. The molecular weight excluding hydrogens is 290 g/mol. The van der Waals surface area contributed by atoms with Crippen LogP contribution in [0.3, 0.4) is 0 Å². The Morgan fingerprint density at radius 2 is 2.26 bits per heavy atom. The van der Waals surface area contributed by atoms with Crippen molar-refractivity contribution in [3.8, 4) is 0 Å². The molecule has 0 aromatic heterocycles. The summed E-state index contributed by atoms with van der Waals surface area (Å²) in [6.45, 7) is 2.99. The second-order valence-electron chi connectivity index (χ2n) is 4.68. The summed E-state index contributed by atoms with van der Waals surface area (Å²) in [5, 5.41) is 6.25. The van der Waals surface area contributed by atoms with Gasteiger partial charge in [0.15, 0.2) is 0 Å². The maximum atomic E-state index is 13.0. The number of nitrogens with one attached hydrogen (secondary N) is 2. The quantitative estimate of drug-likeness (QED) is 0.882. The van der Waals surface area contributed by atoms with E-state index in [2.05, 4.69) is 17.6 Å². The lowest BCUT2D eigenvalue weighted by atomic mass is 10.0. The van der Waals surface area contributed by atoms with Gasteiger partial charge in [-0.05, 0) is 44.5 Å². The highest BCUT2D eigenvalue weighted by molar-refractivity contribution is 6.31. The first-order chi connectivity index (χ1) is 8.56. The van der Waals surface area contributed by atoms with Gasteiger partial charge in [-0.2, -0.15) is 0 Å². The third-order valence-corrected chi connectivity index (χ3v) is 3.43. The van der Waals surface area contributed by atoms with E-state index in [4.69, 9.17) is 11.6 Å². The Labute approximate surface area is 123 Å². The fourth-order valence-corrected chi connectivity index (χ4v) is 2.35. The van der Waals surface area contributed by atoms with Crippen LogP contribution in [0.4, 0.5) is 4.39 Å². The summed E-state index contributed by atoms with van der Waals surface area (Å²) in [6, 6.07) is 4.58. The molecular formula is C13H17Cl2FN2O. The number of hydrogen-bond acceptors (Lipinski definition) is 2. The average molecular weight is 307 g/mol. The highest BCUT2D eigenvalue weighted by Crippen LogP contribution is 2.16. The standard InChI is InChI=1S/C13H16ClFN2O.ClH/c1-8-6-10(4-5-16-8)17-13(18)9-2-3-12(15)11(14)7-9;/h2-3,7-8,10,16H,4-6H2,1H3,(H,17,18);1H. The Bertz CT molecular complexity index is 456. The van der Waals surface area contributed by atoms with Gasteiger partial charge in [-0.15, -0.1) is 12.4 Å². The van der Waals surface area contributed by atoms with Gasteiger partial charge in [-0.25, -0.2) is 4.39 Å². The van der Waals surface area contributed by atoms with E-state index in [0.717, 1.165) is 19.4 Å². The van der Waals surface area contributed by atoms with Crippen molar-refractivity contribution in [2.75, 3.05) is 6.54 Å². The van der Waals surface area contributed by atoms with E-state index in [1.54, 1.807) is 0 Å². The first-order valence-electron chi connectivity index (χ1n) is 6.05. The molecule has 0 aliphatic carbocycles. The highest BCUT2D eigenvalue weighted by Gasteiger charge is 2.20. The summed E-state index contributed by atoms with van der Waals surface area (Å²) in [5.74, 6) is -0.709. The van der Waals surface area contributed by atoms with Crippen LogP contribution in [0.15, 0.2) is 18.2 Å². The minimum Gasteiger partial charge on any atom is -0.349 e. The molecule has 2 N–H and O–H groups in total. The summed E-state index contributed by atoms with van der Waals surface area (Å²) in [6.07, 6.45) is 1.81. The number of piperidine rings is 1. The molecule has 0 spiro atoms. The number of carbonyl (C=O) groups is 1. The van der Waals surface area contributed by atoms with Gasteiger partial charge in [0.1, 0.15) is 5.82 Å². The second-order valence-corrected chi connectivity index (χ2v) is 5.09. The predicted octanol–water partition coefficient (Wildman–Crippen LogP) is 2.77. The smallest absolute Gasteiger partial charge is 0.251 e. The van der Waals surface area contributed by atoms with Crippen molar-refractivity contribution in [3.05, 3.63) is 34.6 Å². The topological polar surface area (TPSA) is 41.1 Å². The zero-order chi connectivity index (χ0) is 13.1. The molecule has 0 radical (unpaired) electrons. The van der Waals surface area contributed by atoms with Crippen LogP contribution in [-0.2, 0) is 0 Å². The molecule has 1 heterocycles. The van der Waals surface area contributed by atoms with Gasteiger partial charge in [-0.1, -0.05) is 11.6 Å². The molecule has 1 aliphatic rings. The number of benzene rings is 1. The van der Waals surface area contributed by atoms with E-state index < -0.39 is 5.82 Å². The van der Waals surface area contributed by atoms with Crippen LogP contribution in [0.25, 0.3) is 0 Å². The minimum absolute atomic E-state index is 0. The lowest BCUT2D eigenvalue weighted by molar-refractivity contribution is 0.0925. The Kier molecular flexibility index (Phi) is 6.04. The largest absolute Gasteiger partial charge is 0.349 e. The van der Waals surface area contributed by atoms with Gasteiger partial charge in [0.2, 0.25) is 0 Å². The summed E-state index contributed by atoms with van der Waals surface area (Å²) < 4.78 is 13.0. The summed E-state index contributed by atoms with van der Waals surface area (Å²) in [4.78, 5) is 12.0. The van der Waals surface area contributed by atoms with Crippen LogP contribution >= 0.6 is 24.0 Å². The van der Waals surface area contributed by atoms with E-state index >= 15 is 0 Å². The van der Waals surface area contributed by atoms with Crippen molar-refractivity contribution in [3.63, 3.8) is 0 Å². The van der Waals surface area contributed by atoms with Crippen molar-refractivity contribution in [2.24, 2.45) is 0 Å². The monoisotopic (exact) mass is 306 g/mol. The lowest BCUT2D eigenvalue weighted by Gasteiger charge is -2.28. The normalized spacial score (nSPS) is 22.5. The van der Waals surface area contributed by atoms with Gasteiger partial charge in [0, 0.05) is 17.6 Å². The van der Waals surface area contributed by atoms with Crippen LogP contribution in [0.2, 0.25) is 5.02 Å². The maximum absolute atomic E-state index is 13.0. The number of hydrogen-bond donors (Lipinski definition) is 2. The Morgan fingerprint density at radius 1 is 1.53 bits per heavy atom. The van der Waals surface area contributed by atoms with Gasteiger partial charge in [0.25, 0.3) is 5.91 Å². The van der Waals surface area contributed by atoms with Gasteiger partial charge in [-0.3, -0.25) is 4.79 Å². The van der Waals surface area contributed by atoms with E-state index in [1.807, 2.05) is 0 Å². The molecule has 0 saturated carbocycles. The molecule has 0 bridgehead atoms. The fraction of sp³-hybridized carbons (Fsp3) is 0.462. The van der Waals surface area contributed by atoms with E-state index in [0.29, 0.717) is 11.6 Å².